The van der Waals surface area contributed by atoms with Crippen LogP contribution in [0.1, 0.15) is 24.2 Å². The first kappa shape index (κ1) is 13.7. The number of rotatable bonds is 5. The fourth-order valence-electron chi connectivity index (χ4n) is 2.59. The molecule has 2 rings (SSSR count). The molecule has 2 unspecified atom stereocenters. The summed E-state index contributed by atoms with van der Waals surface area (Å²) in [5.74, 6) is -0.162. The first-order chi connectivity index (χ1) is 9.19. The zero-order chi connectivity index (χ0) is 13.8. The van der Waals surface area contributed by atoms with E-state index < -0.39 is 0 Å². The molecule has 0 aliphatic carbocycles. The van der Waals surface area contributed by atoms with Crippen LogP contribution in [0.2, 0.25) is 0 Å². The van der Waals surface area contributed by atoms with Gasteiger partial charge in [-0.1, -0.05) is 18.2 Å². The minimum Gasteiger partial charge on any atom is -0.359 e. The van der Waals surface area contributed by atoms with Crippen LogP contribution in [-0.4, -0.2) is 39.7 Å². The quantitative estimate of drug-likeness (QED) is 0.626. The highest BCUT2D eigenvalue weighted by Crippen LogP contribution is 2.36. The van der Waals surface area contributed by atoms with Gasteiger partial charge in [-0.3, -0.25) is 4.79 Å². The van der Waals surface area contributed by atoms with Crippen LogP contribution in [0, 0.1) is 0 Å². The molecular weight excluding hydrogens is 239 g/mol. The van der Waals surface area contributed by atoms with Crippen LogP contribution in [-0.2, 0) is 9.59 Å². The minimum atomic E-state index is -0.343. The highest BCUT2D eigenvalue weighted by Gasteiger charge is 2.32. The Balaban J connectivity index is 2.28. The molecule has 1 heterocycles. The number of aldehydes is 1. The molecule has 0 aromatic heterocycles. The molecule has 1 amide bonds. The van der Waals surface area contributed by atoms with Gasteiger partial charge in [0.2, 0.25) is 5.91 Å². The number of benzene rings is 1. The van der Waals surface area contributed by atoms with Crippen LogP contribution >= 0.6 is 0 Å². The summed E-state index contributed by atoms with van der Waals surface area (Å²) in [5.41, 5.74) is 2.05. The Kier molecular flexibility index (Phi) is 4.25. The van der Waals surface area contributed by atoms with Crippen molar-refractivity contribution in [2.45, 2.75) is 24.7 Å². The van der Waals surface area contributed by atoms with E-state index in [9.17, 15) is 9.59 Å². The summed E-state index contributed by atoms with van der Waals surface area (Å²) in [6, 6.07) is 7.50. The van der Waals surface area contributed by atoms with E-state index in [1.54, 1.807) is 7.05 Å². The average Bonchev–Trinajstić information content (AvgIpc) is 2.77. The fraction of sp³-hybridized carbons (Fsp3) is 0.429. The summed E-state index contributed by atoms with van der Waals surface area (Å²) in [6.07, 6.45) is 1.72. The van der Waals surface area contributed by atoms with Gasteiger partial charge >= 0.3 is 0 Å². The number of para-hydroxylation sites is 1. The number of carbonyl (C=O) groups excluding carboxylic acids is 2. The molecule has 1 aromatic carbocycles. The van der Waals surface area contributed by atoms with Crippen LogP contribution in [0.3, 0.4) is 0 Å². The van der Waals surface area contributed by atoms with E-state index in [2.05, 4.69) is 5.32 Å². The molecule has 0 spiro atoms. The number of nitrogens with zero attached hydrogens (tertiary/aromatic N) is 1. The Labute approximate surface area is 114 Å². The second kappa shape index (κ2) is 5.91. The van der Waals surface area contributed by atoms with E-state index in [0.717, 1.165) is 17.5 Å². The van der Waals surface area contributed by atoms with Gasteiger partial charge in [-0.25, -0.2) is 0 Å². The lowest BCUT2D eigenvalue weighted by Crippen LogP contribution is -2.45. The van der Waals surface area contributed by atoms with Gasteiger partial charge in [-0.2, -0.15) is 0 Å². The molecule has 0 saturated carbocycles. The topological polar surface area (TPSA) is 49.4 Å². The minimum absolute atomic E-state index is 0.0780. The summed E-state index contributed by atoms with van der Waals surface area (Å²) in [7, 11) is 7.71. The number of anilines is 1. The zero-order valence-corrected chi connectivity index (χ0v) is 11.0. The SMILES string of the molecule is [B]C1CN(C(CCC=O)C(=O)NC)c2ccccc21. The first-order valence-electron chi connectivity index (χ1n) is 6.45. The maximum atomic E-state index is 12.0. The lowest BCUT2D eigenvalue weighted by Gasteiger charge is -2.29. The monoisotopic (exact) mass is 256 g/mol. The third kappa shape index (κ3) is 2.65. The maximum Gasteiger partial charge on any atom is 0.242 e. The van der Waals surface area contributed by atoms with Crippen molar-refractivity contribution in [2.24, 2.45) is 0 Å². The van der Waals surface area contributed by atoms with Gasteiger partial charge in [0.1, 0.15) is 12.3 Å². The van der Waals surface area contributed by atoms with Crippen molar-refractivity contribution < 1.29 is 9.59 Å². The molecule has 0 fully saturated rings. The first-order valence-corrected chi connectivity index (χ1v) is 6.45. The van der Waals surface area contributed by atoms with Crippen molar-refractivity contribution in [3.8, 4) is 0 Å². The molecule has 19 heavy (non-hydrogen) atoms. The van der Waals surface area contributed by atoms with Gasteiger partial charge in [-0.15, -0.1) is 0 Å². The lowest BCUT2D eigenvalue weighted by molar-refractivity contribution is -0.122. The molecular formula is C14H17BN2O2. The normalized spacial score (nSPS) is 18.8. The molecule has 1 N–H and O–H groups in total. The van der Waals surface area contributed by atoms with Crippen molar-refractivity contribution >= 4 is 25.7 Å². The Morgan fingerprint density at radius 1 is 1.58 bits per heavy atom. The molecule has 0 bridgehead atoms. The second-order valence-electron chi connectivity index (χ2n) is 4.69. The van der Waals surface area contributed by atoms with Crippen molar-refractivity contribution in [2.75, 3.05) is 18.5 Å². The van der Waals surface area contributed by atoms with E-state index in [1.165, 1.54) is 0 Å². The summed E-state index contributed by atoms with van der Waals surface area (Å²) >= 11 is 0. The molecule has 4 nitrogen and oxygen atoms in total. The van der Waals surface area contributed by atoms with E-state index in [4.69, 9.17) is 7.85 Å². The number of likely N-dealkylation sites (N-methyl/N-ethyl adjacent to an activating group) is 1. The van der Waals surface area contributed by atoms with E-state index >= 15 is 0 Å². The van der Waals surface area contributed by atoms with Gasteiger partial charge in [0, 0.05) is 25.7 Å². The molecule has 98 valence electrons. The average molecular weight is 256 g/mol. The number of carbonyl (C=O) groups is 2. The maximum absolute atomic E-state index is 12.0. The summed E-state index contributed by atoms with van der Waals surface area (Å²) < 4.78 is 0. The largest absolute Gasteiger partial charge is 0.359 e. The Bertz CT molecular complexity index is 478. The van der Waals surface area contributed by atoms with Crippen LogP contribution in [0.15, 0.2) is 24.3 Å². The van der Waals surface area contributed by atoms with Crippen molar-refractivity contribution in [3.63, 3.8) is 0 Å². The van der Waals surface area contributed by atoms with E-state index in [1.807, 2.05) is 29.2 Å². The Morgan fingerprint density at radius 2 is 2.32 bits per heavy atom. The van der Waals surface area contributed by atoms with Crippen molar-refractivity contribution in [3.05, 3.63) is 29.8 Å². The fourth-order valence-corrected chi connectivity index (χ4v) is 2.59. The Hall–Kier alpha value is -1.78. The smallest absolute Gasteiger partial charge is 0.242 e. The van der Waals surface area contributed by atoms with Crippen LogP contribution in [0.5, 0.6) is 0 Å². The van der Waals surface area contributed by atoms with Gasteiger partial charge in [0.05, 0.1) is 7.85 Å². The predicted octanol–water partition coefficient (Wildman–Crippen LogP) is 0.810. The zero-order valence-electron chi connectivity index (χ0n) is 11.0. The van der Waals surface area contributed by atoms with Crippen LogP contribution in [0.25, 0.3) is 0 Å². The number of nitrogens with one attached hydrogen (secondary N) is 1. The van der Waals surface area contributed by atoms with Crippen molar-refractivity contribution in [1.29, 1.82) is 0 Å². The second-order valence-corrected chi connectivity index (χ2v) is 4.69. The van der Waals surface area contributed by atoms with Crippen LogP contribution < -0.4 is 10.2 Å². The Morgan fingerprint density at radius 3 is 3.00 bits per heavy atom. The van der Waals surface area contributed by atoms with Gasteiger partial charge < -0.3 is 15.0 Å². The van der Waals surface area contributed by atoms with Gasteiger partial charge in [-0.05, 0) is 23.9 Å². The number of hydrogen-bond donors (Lipinski definition) is 1. The lowest BCUT2D eigenvalue weighted by atomic mass is 9.83. The molecule has 0 saturated heterocycles. The molecule has 1 aliphatic rings. The van der Waals surface area contributed by atoms with E-state index in [0.29, 0.717) is 19.4 Å². The number of hydrogen-bond acceptors (Lipinski definition) is 3. The third-order valence-corrected chi connectivity index (χ3v) is 3.52. The highest BCUT2D eigenvalue weighted by molar-refractivity contribution is 6.14. The van der Waals surface area contributed by atoms with E-state index in [-0.39, 0.29) is 17.8 Å². The number of fused-ring (bicyclic) bond motifs is 1. The van der Waals surface area contributed by atoms with Crippen molar-refractivity contribution in [1.82, 2.24) is 5.32 Å². The molecule has 2 radical (unpaired) electrons. The summed E-state index contributed by atoms with van der Waals surface area (Å²) in [4.78, 5) is 24.6. The van der Waals surface area contributed by atoms with Gasteiger partial charge in [0.25, 0.3) is 0 Å². The van der Waals surface area contributed by atoms with Gasteiger partial charge in [0.15, 0.2) is 0 Å². The predicted molar refractivity (Wildman–Crippen MR) is 75.4 cm³/mol. The highest BCUT2D eigenvalue weighted by atomic mass is 16.2. The summed E-state index contributed by atoms with van der Waals surface area (Å²) in [6.45, 7) is 0.607. The molecule has 2 atom stereocenters. The van der Waals surface area contributed by atoms with Crippen LogP contribution in [0.4, 0.5) is 5.69 Å². The molecule has 1 aliphatic heterocycles. The molecule has 1 aromatic rings. The summed E-state index contributed by atoms with van der Waals surface area (Å²) in [5, 5.41) is 2.66. The number of amides is 1. The standard InChI is InChI=1S/C14H17BN2O2/c1-16-14(19)13(7-4-8-18)17-9-11(15)10-5-2-3-6-12(10)17/h2-3,5-6,8,11,13H,4,7,9H2,1H3,(H,16,19). The molecule has 5 heteroatoms. The third-order valence-electron chi connectivity index (χ3n) is 3.52.